The normalized spacial score (nSPS) is 12.4. The van der Waals surface area contributed by atoms with E-state index >= 15 is 0 Å². The fraction of sp³-hybridized carbons (Fsp3) is 0.200. The molecular weight excluding hydrogens is 227 g/mol. The molecule has 0 amide bonds. The molecule has 2 nitrogen and oxygen atoms in total. The Hall–Kier alpha value is -1.71. The molecule has 3 heteroatoms. The first-order valence-electron chi connectivity index (χ1n) is 6.05. The summed E-state index contributed by atoms with van der Waals surface area (Å²) in [7, 11) is 0. The number of hydrogen-bond donors (Lipinski definition) is 2. The van der Waals surface area contributed by atoms with Crippen molar-refractivity contribution in [1.82, 2.24) is 5.43 Å². The highest BCUT2D eigenvalue weighted by atomic mass is 19.1. The largest absolute Gasteiger partial charge is 0.271 e. The van der Waals surface area contributed by atoms with Crippen LogP contribution in [0.3, 0.4) is 0 Å². The molecule has 18 heavy (non-hydrogen) atoms. The summed E-state index contributed by atoms with van der Waals surface area (Å²) in [5.74, 6) is 5.33. The maximum atomic E-state index is 13.8. The molecule has 0 saturated carbocycles. The average molecular weight is 244 g/mol. The first-order valence-corrected chi connectivity index (χ1v) is 6.05. The maximum absolute atomic E-state index is 13.8. The van der Waals surface area contributed by atoms with E-state index in [1.165, 1.54) is 11.6 Å². The second-order valence-electron chi connectivity index (χ2n) is 4.22. The van der Waals surface area contributed by atoms with Crippen LogP contribution >= 0.6 is 0 Å². The van der Waals surface area contributed by atoms with Crippen molar-refractivity contribution in [2.45, 2.75) is 19.4 Å². The molecule has 0 saturated heterocycles. The molecule has 0 bridgehead atoms. The van der Waals surface area contributed by atoms with Crippen molar-refractivity contribution in [3.63, 3.8) is 0 Å². The van der Waals surface area contributed by atoms with Crippen molar-refractivity contribution in [1.29, 1.82) is 0 Å². The summed E-state index contributed by atoms with van der Waals surface area (Å²) < 4.78 is 13.8. The third-order valence-electron chi connectivity index (χ3n) is 3.08. The minimum Gasteiger partial charge on any atom is -0.271 e. The number of nitrogens with two attached hydrogens (primary N) is 1. The van der Waals surface area contributed by atoms with Crippen LogP contribution in [0.2, 0.25) is 0 Å². The molecular formula is C15H17FN2. The average Bonchev–Trinajstić information content (AvgIpc) is 2.42. The van der Waals surface area contributed by atoms with Gasteiger partial charge in [-0.2, -0.15) is 0 Å². The second kappa shape index (κ2) is 5.76. The minimum absolute atomic E-state index is 0.248. The van der Waals surface area contributed by atoms with E-state index in [4.69, 9.17) is 5.84 Å². The van der Waals surface area contributed by atoms with Gasteiger partial charge in [0.2, 0.25) is 0 Å². The lowest BCUT2D eigenvalue weighted by atomic mass is 9.97. The molecule has 2 aromatic carbocycles. The summed E-state index contributed by atoms with van der Waals surface area (Å²) in [6, 6.07) is 14.4. The number of rotatable bonds is 4. The van der Waals surface area contributed by atoms with E-state index in [0.29, 0.717) is 5.56 Å². The van der Waals surface area contributed by atoms with Gasteiger partial charge in [0.15, 0.2) is 0 Å². The first-order chi connectivity index (χ1) is 8.76. The second-order valence-corrected chi connectivity index (χ2v) is 4.22. The van der Waals surface area contributed by atoms with Gasteiger partial charge in [-0.25, -0.2) is 9.82 Å². The zero-order valence-electron chi connectivity index (χ0n) is 10.4. The summed E-state index contributed by atoms with van der Waals surface area (Å²) >= 11 is 0. The topological polar surface area (TPSA) is 38.0 Å². The molecule has 1 unspecified atom stereocenters. The van der Waals surface area contributed by atoms with Gasteiger partial charge in [-0.3, -0.25) is 5.84 Å². The Morgan fingerprint density at radius 3 is 2.61 bits per heavy atom. The van der Waals surface area contributed by atoms with Crippen LogP contribution in [0.5, 0.6) is 0 Å². The smallest absolute Gasteiger partial charge is 0.128 e. The van der Waals surface area contributed by atoms with Crippen LogP contribution < -0.4 is 11.3 Å². The quantitative estimate of drug-likeness (QED) is 0.641. The highest BCUT2D eigenvalue weighted by Gasteiger charge is 2.15. The lowest BCUT2D eigenvalue weighted by Crippen LogP contribution is -2.29. The first kappa shape index (κ1) is 12.7. The molecule has 3 N–H and O–H groups in total. The lowest BCUT2D eigenvalue weighted by Gasteiger charge is -2.18. The summed E-state index contributed by atoms with van der Waals surface area (Å²) in [6.45, 7) is 2.09. The number of hydrogen-bond acceptors (Lipinski definition) is 2. The van der Waals surface area contributed by atoms with Crippen molar-refractivity contribution in [3.05, 3.63) is 71.0 Å². The molecule has 0 aliphatic carbocycles. The zero-order chi connectivity index (χ0) is 13.0. The van der Waals surface area contributed by atoms with Gasteiger partial charge in [0.05, 0.1) is 6.04 Å². The van der Waals surface area contributed by atoms with Crippen LogP contribution in [-0.4, -0.2) is 0 Å². The van der Waals surface area contributed by atoms with E-state index in [-0.39, 0.29) is 11.9 Å². The predicted molar refractivity (Wildman–Crippen MR) is 71.4 cm³/mol. The molecule has 0 aliphatic heterocycles. The van der Waals surface area contributed by atoms with E-state index < -0.39 is 0 Å². The summed E-state index contributed by atoms with van der Waals surface area (Å²) in [4.78, 5) is 0. The van der Waals surface area contributed by atoms with Gasteiger partial charge in [-0.15, -0.1) is 0 Å². The Morgan fingerprint density at radius 2 is 1.94 bits per heavy atom. The van der Waals surface area contributed by atoms with Crippen molar-refractivity contribution in [2.75, 3.05) is 0 Å². The fourth-order valence-electron chi connectivity index (χ4n) is 2.07. The summed E-state index contributed by atoms with van der Waals surface area (Å²) in [6.07, 6.45) is 0.947. The molecule has 0 spiro atoms. The number of halogens is 1. The van der Waals surface area contributed by atoms with E-state index in [9.17, 15) is 4.39 Å². The zero-order valence-corrected chi connectivity index (χ0v) is 10.4. The third kappa shape index (κ3) is 2.58. The van der Waals surface area contributed by atoms with E-state index in [0.717, 1.165) is 12.0 Å². The Bertz CT molecular complexity index is 525. The van der Waals surface area contributed by atoms with Gasteiger partial charge in [0, 0.05) is 5.56 Å². The molecule has 94 valence electrons. The third-order valence-corrected chi connectivity index (χ3v) is 3.08. The molecule has 2 aromatic rings. The Balaban J connectivity index is 2.42. The van der Waals surface area contributed by atoms with E-state index in [1.54, 1.807) is 12.1 Å². The molecule has 2 rings (SSSR count). The predicted octanol–water partition coefficient (Wildman–Crippen LogP) is 2.94. The van der Waals surface area contributed by atoms with Crippen LogP contribution in [-0.2, 0) is 6.42 Å². The Kier molecular flexibility index (Phi) is 4.07. The van der Waals surface area contributed by atoms with E-state index in [2.05, 4.69) is 24.5 Å². The Morgan fingerprint density at radius 1 is 1.17 bits per heavy atom. The van der Waals surface area contributed by atoms with Gasteiger partial charge < -0.3 is 0 Å². The summed E-state index contributed by atoms with van der Waals surface area (Å²) in [5.41, 5.74) is 5.44. The van der Waals surface area contributed by atoms with Crippen LogP contribution in [0.15, 0.2) is 48.5 Å². The number of hydrazine groups is 1. The van der Waals surface area contributed by atoms with Crippen molar-refractivity contribution >= 4 is 0 Å². The molecule has 0 fully saturated rings. The highest BCUT2D eigenvalue weighted by Crippen LogP contribution is 2.24. The van der Waals surface area contributed by atoms with Gasteiger partial charge in [0.1, 0.15) is 5.82 Å². The van der Waals surface area contributed by atoms with Crippen LogP contribution in [0.4, 0.5) is 4.39 Å². The highest BCUT2D eigenvalue weighted by molar-refractivity contribution is 5.34. The minimum atomic E-state index is -0.322. The van der Waals surface area contributed by atoms with Gasteiger partial charge in [0.25, 0.3) is 0 Å². The number of nitrogens with one attached hydrogen (secondary N) is 1. The number of aryl methyl sites for hydroxylation is 1. The van der Waals surface area contributed by atoms with Crippen molar-refractivity contribution < 1.29 is 4.39 Å². The van der Waals surface area contributed by atoms with Gasteiger partial charge in [-0.05, 0) is 23.6 Å². The molecule has 0 aliphatic rings. The van der Waals surface area contributed by atoms with Gasteiger partial charge in [-0.1, -0.05) is 49.4 Å². The number of benzene rings is 2. The van der Waals surface area contributed by atoms with Crippen molar-refractivity contribution in [3.8, 4) is 0 Å². The summed E-state index contributed by atoms with van der Waals surface area (Å²) in [5, 5.41) is 0. The molecule has 0 radical (unpaired) electrons. The SMILES string of the molecule is CCc1cccc(C(NN)c2ccccc2F)c1. The maximum Gasteiger partial charge on any atom is 0.128 e. The van der Waals surface area contributed by atoms with Crippen LogP contribution in [0.1, 0.15) is 29.7 Å². The molecule has 1 atom stereocenters. The fourth-order valence-corrected chi connectivity index (χ4v) is 2.07. The van der Waals surface area contributed by atoms with Gasteiger partial charge >= 0.3 is 0 Å². The van der Waals surface area contributed by atoms with Crippen molar-refractivity contribution in [2.24, 2.45) is 5.84 Å². The van der Waals surface area contributed by atoms with E-state index in [1.807, 2.05) is 18.2 Å². The lowest BCUT2D eigenvalue weighted by molar-refractivity contribution is 0.560. The Labute approximate surface area is 107 Å². The molecule has 0 aromatic heterocycles. The monoisotopic (exact) mass is 244 g/mol. The standard InChI is InChI=1S/C15H17FN2/c1-2-11-6-5-7-12(10-11)15(18-17)13-8-3-4-9-14(13)16/h3-10,15,18H,2,17H2,1H3. The molecule has 0 heterocycles. The van der Waals surface area contributed by atoms with Crippen LogP contribution in [0, 0.1) is 5.82 Å². The van der Waals surface area contributed by atoms with Crippen LogP contribution in [0.25, 0.3) is 0 Å².